The van der Waals surface area contributed by atoms with E-state index in [9.17, 15) is 0 Å². The van der Waals surface area contributed by atoms with Crippen LogP contribution in [0.4, 0.5) is 5.82 Å². The molecule has 0 amide bonds. The van der Waals surface area contributed by atoms with Crippen LogP contribution in [0.15, 0.2) is 18.3 Å². The van der Waals surface area contributed by atoms with Gasteiger partial charge in [-0.3, -0.25) is 0 Å². The lowest BCUT2D eigenvalue weighted by Gasteiger charge is -2.26. The molecular weight excluding hydrogens is 238 g/mol. The van der Waals surface area contributed by atoms with Gasteiger partial charge in [0.05, 0.1) is 0 Å². The van der Waals surface area contributed by atoms with Gasteiger partial charge in [0.1, 0.15) is 5.82 Å². The van der Waals surface area contributed by atoms with Gasteiger partial charge >= 0.3 is 0 Å². The molecule has 1 aromatic rings. The second kappa shape index (κ2) is 6.87. The predicted molar refractivity (Wildman–Crippen MR) is 78.4 cm³/mol. The summed E-state index contributed by atoms with van der Waals surface area (Å²) in [6.07, 6.45) is 6.29. The molecule has 0 saturated carbocycles. The Bertz CT molecular complexity index is 397. The van der Waals surface area contributed by atoms with E-state index < -0.39 is 0 Å². The van der Waals surface area contributed by atoms with Crippen molar-refractivity contribution < 1.29 is 5.11 Å². The number of anilines is 1. The van der Waals surface area contributed by atoms with Crippen LogP contribution in [0.3, 0.4) is 0 Å². The van der Waals surface area contributed by atoms with Crippen LogP contribution in [0.5, 0.6) is 0 Å². The number of nitrogens with zero attached hydrogens (tertiary/aromatic N) is 2. The highest BCUT2D eigenvalue weighted by Crippen LogP contribution is 2.28. The first kappa shape index (κ1) is 14.3. The van der Waals surface area contributed by atoms with E-state index in [2.05, 4.69) is 34.3 Å². The molecule has 0 bridgehead atoms. The zero-order valence-corrected chi connectivity index (χ0v) is 12.0. The van der Waals surface area contributed by atoms with Crippen molar-refractivity contribution in [2.45, 2.75) is 44.7 Å². The summed E-state index contributed by atoms with van der Waals surface area (Å²) in [5.41, 5.74) is 1.28. The van der Waals surface area contributed by atoms with E-state index in [1.54, 1.807) is 0 Å². The molecule has 19 heavy (non-hydrogen) atoms. The van der Waals surface area contributed by atoms with E-state index in [1.165, 1.54) is 18.4 Å². The molecule has 0 spiro atoms. The van der Waals surface area contributed by atoms with E-state index >= 15 is 0 Å². The third-order valence-electron chi connectivity index (χ3n) is 4.07. The quantitative estimate of drug-likeness (QED) is 0.825. The zero-order valence-electron chi connectivity index (χ0n) is 12.0. The minimum absolute atomic E-state index is 0.286. The van der Waals surface area contributed by atoms with Crippen molar-refractivity contribution in [3.05, 3.63) is 23.9 Å². The number of rotatable bonds is 6. The second-order valence-electron chi connectivity index (χ2n) is 5.31. The largest absolute Gasteiger partial charge is 0.396 e. The number of hydrogen-bond donors (Lipinski definition) is 2. The number of nitrogens with one attached hydrogen (secondary N) is 1. The van der Waals surface area contributed by atoms with Gasteiger partial charge in [0.15, 0.2) is 0 Å². The Kier molecular flexibility index (Phi) is 5.16. The summed E-state index contributed by atoms with van der Waals surface area (Å²) in [5, 5.41) is 12.3. The maximum absolute atomic E-state index is 8.99. The number of aliphatic hydroxyl groups excluding tert-OH is 1. The van der Waals surface area contributed by atoms with E-state index in [1.807, 2.05) is 13.2 Å². The molecule has 1 fully saturated rings. The lowest BCUT2D eigenvalue weighted by Crippen LogP contribution is -2.30. The first-order chi connectivity index (χ1) is 9.26. The molecule has 1 aliphatic rings. The minimum Gasteiger partial charge on any atom is -0.396 e. The molecule has 4 nitrogen and oxygen atoms in total. The van der Waals surface area contributed by atoms with Crippen LogP contribution in [-0.2, 0) is 0 Å². The van der Waals surface area contributed by atoms with Crippen LogP contribution < -0.4 is 10.2 Å². The topological polar surface area (TPSA) is 48.4 Å². The lowest BCUT2D eigenvalue weighted by molar-refractivity contribution is 0.279. The molecule has 2 unspecified atom stereocenters. The number of hydrogen-bond acceptors (Lipinski definition) is 4. The summed E-state index contributed by atoms with van der Waals surface area (Å²) < 4.78 is 0. The molecule has 1 saturated heterocycles. The fraction of sp³-hybridized carbons (Fsp3) is 0.667. The molecule has 0 aliphatic carbocycles. The Balaban J connectivity index is 2.11. The van der Waals surface area contributed by atoms with Crippen LogP contribution in [0.25, 0.3) is 0 Å². The van der Waals surface area contributed by atoms with Crippen LogP contribution >= 0.6 is 0 Å². The SMILES string of the molecule is CNC(C)c1ccnc(N2CCCC2CCCO)c1. The highest BCUT2D eigenvalue weighted by Gasteiger charge is 2.25. The van der Waals surface area contributed by atoms with Crippen molar-refractivity contribution >= 4 is 5.82 Å². The van der Waals surface area contributed by atoms with Gasteiger partial charge in [0.25, 0.3) is 0 Å². The van der Waals surface area contributed by atoms with Crippen molar-refractivity contribution in [2.75, 3.05) is 25.1 Å². The fourth-order valence-corrected chi connectivity index (χ4v) is 2.79. The Morgan fingerprint density at radius 2 is 2.42 bits per heavy atom. The summed E-state index contributed by atoms with van der Waals surface area (Å²) in [5.74, 6) is 1.08. The predicted octanol–water partition coefficient (Wildman–Crippen LogP) is 2.10. The average molecular weight is 263 g/mol. The van der Waals surface area contributed by atoms with Gasteiger partial charge in [-0.05, 0) is 57.4 Å². The van der Waals surface area contributed by atoms with Crippen LogP contribution in [0.1, 0.15) is 44.2 Å². The van der Waals surface area contributed by atoms with E-state index in [-0.39, 0.29) is 6.61 Å². The van der Waals surface area contributed by atoms with E-state index in [0.29, 0.717) is 12.1 Å². The monoisotopic (exact) mass is 263 g/mol. The Morgan fingerprint density at radius 1 is 1.58 bits per heavy atom. The summed E-state index contributed by atoms with van der Waals surface area (Å²) in [6.45, 7) is 3.53. The highest BCUT2D eigenvalue weighted by atomic mass is 16.2. The number of aromatic nitrogens is 1. The zero-order chi connectivity index (χ0) is 13.7. The Morgan fingerprint density at radius 3 is 3.16 bits per heavy atom. The second-order valence-corrected chi connectivity index (χ2v) is 5.31. The van der Waals surface area contributed by atoms with Gasteiger partial charge in [0.2, 0.25) is 0 Å². The molecule has 0 aromatic carbocycles. The molecule has 2 heterocycles. The van der Waals surface area contributed by atoms with Gasteiger partial charge in [-0.15, -0.1) is 0 Å². The maximum atomic E-state index is 8.99. The van der Waals surface area contributed by atoms with Crippen molar-refractivity contribution in [3.63, 3.8) is 0 Å². The molecule has 0 radical (unpaired) electrons. The van der Waals surface area contributed by atoms with Crippen LogP contribution in [0.2, 0.25) is 0 Å². The molecule has 106 valence electrons. The normalized spacial score (nSPS) is 20.8. The van der Waals surface area contributed by atoms with Crippen molar-refractivity contribution in [1.29, 1.82) is 0 Å². The Labute approximate surface area is 115 Å². The van der Waals surface area contributed by atoms with Crippen molar-refractivity contribution in [1.82, 2.24) is 10.3 Å². The van der Waals surface area contributed by atoms with Gasteiger partial charge in [0, 0.05) is 31.4 Å². The number of aliphatic hydroxyl groups is 1. The summed E-state index contributed by atoms with van der Waals surface area (Å²) in [6, 6.07) is 5.15. The minimum atomic E-state index is 0.286. The highest BCUT2D eigenvalue weighted by molar-refractivity contribution is 5.44. The average Bonchev–Trinajstić information content (AvgIpc) is 2.92. The summed E-state index contributed by atoms with van der Waals surface area (Å²) >= 11 is 0. The lowest BCUT2D eigenvalue weighted by atomic mass is 10.1. The van der Waals surface area contributed by atoms with Gasteiger partial charge < -0.3 is 15.3 Å². The molecule has 2 rings (SSSR count). The van der Waals surface area contributed by atoms with Crippen LogP contribution in [-0.4, -0.2) is 36.3 Å². The smallest absolute Gasteiger partial charge is 0.129 e. The van der Waals surface area contributed by atoms with Gasteiger partial charge in [-0.2, -0.15) is 0 Å². The van der Waals surface area contributed by atoms with E-state index in [4.69, 9.17) is 5.11 Å². The molecule has 1 aromatic heterocycles. The first-order valence-electron chi connectivity index (χ1n) is 7.27. The summed E-state index contributed by atoms with van der Waals surface area (Å²) in [4.78, 5) is 6.94. The van der Waals surface area contributed by atoms with Gasteiger partial charge in [-0.25, -0.2) is 4.98 Å². The summed E-state index contributed by atoms with van der Waals surface area (Å²) in [7, 11) is 1.98. The number of pyridine rings is 1. The third-order valence-corrected chi connectivity index (χ3v) is 4.07. The van der Waals surface area contributed by atoms with Crippen molar-refractivity contribution in [3.8, 4) is 0 Å². The molecule has 1 aliphatic heterocycles. The van der Waals surface area contributed by atoms with Crippen LogP contribution in [0, 0.1) is 0 Å². The molecule has 2 atom stereocenters. The maximum Gasteiger partial charge on any atom is 0.129 e. The Hall–Kier alpha value is -1.13. The molecular formula is C15H25N3O. The van der Waals surface area contributed by atoms with Gasteiger partial charge in [-0.1, -0.05) is 0 Å². The van der Waals surface area contributed by atoms with Crippen molar-refractivity contribution in [2.24, 2.45) is 0 Å². The molecule has 4 heteroatoms. The third kappa shape index (κ3) is 3.45. The van der Waals surface area contributed by atoms with E-state index in [0.717, 1.165) is 25.2 Å². The molecule has 2 N–H and O–H groups in total. The first-order valence-corrected chi connectivity index (χ1v) is 7.27. The fourth-order valence-electron chi connectivity index (χ4n) is 2.79. The standard InChI is InChI=1S/C15H25N3O/c1-12(16-2)13-7-8-17-15(11-13)18-9-3-5-14(18)6-4-10-19/h7-8,11-12,14,16,19H,3-6,9-10H2,1-2H3.